The summed E-state index contributed by atoms with van der Waals surface area (Å²) in [6.45, 7) is 4.36. The first kappa shape index (κ1) is 21.5. The Morgan fingerprint density at radius 1 is 1.27 bits per heavy atom. The van der Waals surface area contributed by atoms with Gasteiger partial charge in [-0.3, -0.25) is 0 Å². The van der Waals surface area contributed by atoms with E-state index in [0.717, 1.165) is 17.8 Å². The first-order valence-electron chi connectivity index (χ1n) is 9.36. The quantitative estimate of drug-likeness (QED) is 0.584. The Morgan fingerprint density at radius 3 is 2.60 bits per heavy atom. The Hall–Kier alpha value is -3.17. The van der Waals surface area contributed by atoms with Crippen LogP contribution < -0.4 is 4.84 Å². The van der Waals surface area contributed by atoms with Gasteiger partial charge in [-0.25, -0.2) is 14.8 Å². The maximum absolute atomic E-state index is 12.8. The molecule has 0 radical (unpaired) electrons. The molecule has 1 N–H and O–H groups in total. The number of amides is 1. The van der Waals surface area contributed by atoms with Crippen molar-refractivity contribution in [3.05, 3.63) is 52.6 Å². The fraction of sp³-hybridized carbons (Fsp3) is 0.400. The van der Waals surface area contributed by atoms with Gasteiger partial charge in [0, 0.05) is 24.6 Å². The molecule has 1 aliphatic heterocycles. The van der Waals surface area contributed by atoms with Crippen LogP contribution in [-0.4, -0.2) is 45.4 Å². The number of hydrogen-bond acceptors (Lipinski definition) is 5. The zero-order chi connectivity index (χ0) is 21.9. The molecule has 10 heteroatoms. The highest BCUT2D eigenvalue weighted by molar-refractivity contribution is 5.82. The molecule has 0 unspecified atom stereocenters. The average Bonchev–Trinajstić information content (AvgIpc) is 2.69. The van der Waals surface area contributed by atoms with Crippen LogP contribution in [0.25, 0.3) is 0 Å². The number of piperidine rings is 1. The number of oxime groups is 1. The van der Waals surface area contributed by atoms with Gasteiger partial charge in [0.05, 0.1) is 23.2 Å². The molecule has 1 amide bonds. The number of aryl methyl sites for hydroxylation is 2. The van der Waals surface area contributed by atoms with Crippen LogP contribution in [0.3, 0.4) is 0 Å². The predicted octanol–water partition coefficient (Wildman–Crippen LogP) is 4.38. The van der Waals surface area contributed by atoms with E-state index in [9.17, 15) is 18.0 Å². The molecule has 2 heterocycles. The molecule has 1 aromatic heterocycles. The predicted molar refractivity (Wildman–Crippen MR) is 103 cm³/mol. The van der Waals surface area contributed by atoms with E-state index in [1.165, 1.54) is 23.2 Å². The number of nitrogens with zero attached hydrogens (tertiary/aromatic N) is 4. The van der Waals surface area contributed by atoms with E-state index < -0.39 is 17.8 Å². The monoisotopic (exact) mass is 422 g/mol. The van der Waals surface area contributed by atoms with Crippen LogP contribution in [-0.2, 0) is 6.18 Å². The summed E-state index contributed by atoms with van der Waals surface area (Å²) < 4.78 is 38.5. The summed E-state index contributed by atoms with van der Waals surface area (Å²) in [6, 6.07) is 4.46. The number of rotatable bonds is 4. The zero-order valence-electron chi connectivity index (χ0n) is 16.5. The minimum atomic E-state index is -4.47. The second-order valence-corrected chi connectivity index (χ2v) is 7.05. The van der Waals surface area contributed by atoms with Gasteiger partial charge in [0.25, 0.3) is 0 Å². The Balaban J connectivity index is 1.80. The molecule has 7 nitrogen and oxygen atoms in total. The molecule has 0 aliphatic carbocycles. The minimum Gasteiger partial charge on any atom is -0.465 e. The smallest absolute Gasteiger partial charge is 0.416 e. The summed E-state index contributed by atoms with van der Waals surface area (Å²) in [6.07, 6.45) is -2.80. The summed E-state index contributed by atoms with van der Waals surface area (Å²) in [5.41, 5.74) is 1.20. The third-order valence-electron chi connectivity index (χ3n) is 4.93. The Bertz CT molecular complexity index is 955. The highest BCUT2D eigenvalue weighted by Gasteiger charge is 2.30. The molecule has 2 aromatic rings. The van der Waals surface area contributed by atoms with Gasteiger partial charge in [-0.2, -0.15) is 13.2 Å². The summed E-state index contributed by atoms with van der Waals surface area (Å²) in [5.74, 6) is 0.568. The Morgan fingerprint density at radius 2 is 1.97 bits per heavy atom. The van der Waals surface area contributed by atoms with E-state index in [4.69, 9.17) is 9.94 Å². The van der Waals surface area contributed by atoms with Crippen molar-refractivity contribution in [1.82, 2.24) is 14.9 Å². The fourth-order valence-corrected chi connectivity index (χ4v) is 3.43. The van der Waals surface area contributed by atoms with E-state index >= 15 is 0 Å². The van der Waals surface area contributed by atoms with E-state index in [1.54, 1.807) is 13.8 Å². The van der Waals surface area contributed by atoms with Gasteiger partial charge in [-0.15, -0.1) is 0 Å². The number of aromatic nitrogens is 2. The molecule has 30 heavy (non-hydrogen) atoms. The molecule has 0 atom stereocenters. The summed E-state index contributed by atoms with van der Waals surface area (Å²) in [4.78, 5) is 26.5. The molecule has 0 spiro atoms. The highest BCUT2D eigenvalue weighted by atomic mass is 19.4. The van der Waals surface area contributed by atoms with Gasteiger partial charge in [0.15, 0.2) is 5.75 Å². The molecule has 1 aromatic carbocycles. The van der Waals surface area contributed by atoms with Gasteiger partial charge in [-0.1, -0.05) is 11.2 Å². The van der Waals surface area contributed by atoms with Gasteiger partial charge in [0.1, 0.15) is 5.82 Å². The number of hydrogen-bond donors (Lipinski definition) is 1. The highest BCUT2D eigenvalue weighted by Crippen LogP contribution is 2.32. The number of likely N-dealkylation sites (tertiary alicyclic amines) is 1. The lowest BCUT2D eigenvalue weighted by Crippen LogP contribution is -2.37. The van der Waals surface area contributed by atoms with E-state index in [-0.39, 0.29) is 11.7 Å². The maximum Gasteiger partial charge on any atom is 0.416 e. The average molecular weight is 422 g/mol. The third-order valence-corrected chi connectivity index (χ3v) is 4.93. The van der Waals surface area contributed by atoms with Crippen LogP contribution in [0.5, 0.6) is 5.75 Å². The number of alkyl halides is 3. The van der Waals surface area contributed by atoms with Crippen molar-refractivity contribution in [2.75, 3.05) is 13.1 Å². The molecule has 0 bridgehead atoms. The van der Waals surface area contributed by atoms with Crippen LogP contribution in [0.2, 0.25) is 0 Å². The van der Waals surface area contributed by atoms with Crippen molar-refractivity contribution < 1.29 is 27.9 Å². The van der Waals surface area contributed by atoms with Crippen LogP contribution in [0, 0.1) is 13.8 Å². The summed E-state index contributed by atoms with van der Waals surface area (Å²) in [5, 5.41) is 13.0. The van der Waals surface area contributed by atoms with Crippen molar-refractivity contribution in [3.8, 4) is 5.75 Å². The molecular weight excluding hydrogens is 401 g/mol. The van der Waals surface area contributed by atoms with Gasteiger partial charge >= 0.3 is 12.3 Å². The van der Waals surface area contributed by atoms with Gasteiger partial charge in [0.2, 0.25) is 0 Å². The van der Waals surface area contributed by atoms with Gasteiger partial charge in [-0.05, 0) is 44.9 Å². The standard InChI is InChI=1S/C20H21F3N4O3/c1-12-17(11-24-30-16-5-3-4-15(10-16)20(21,22)23)18(26-13(2)25-12)14-6-8-27(9-7-14)19(28)29/h3-5,10-11,14H,6-9H2,1-2H3,(H,28,29)/b24-11+. The lowest BCUT2D eigenvalue weighted by molar-refractivity contribution is -0.137. The number of benzene rings is 1. The number of carboxylic acid groups (broad SMARTS) is 1. The largest absolute Gasteiger partial charge is 0.465 e. The first-order valence-corrected chi connectivity index (χ1v) is 9.36. The lowest BCUT2D eigenvalue weighted by Gasteiger charge is -2.30. The van der Waals surface area contributed by atoms with Crippen molar-refractivity contribution in [1.29, 1.82) is 0 Å². The normalized spacial score (nSPS) is 15.6. The lowest BCUT2D eigenvalue weighted by atomic mass is 9.90. The topological polar surface area (TPSA) is 87.9 Å². The van der Waals surface area contributed by atoms with E-state index in [1.807, 2.05) is 0 Å². The van der Waals surface area contributed by atoms with Crippen molar-refractivity contribution in [3.63, 3.8) is 0 Å². The van der Waals surface area contributed by atoms with Crippen molar-refractivity contribution in [2.24, 2.45) is 5.16 Å². The molecular formula is C20H21F3N4O3. The molecule has 1 fully saturated rings. The van der Waals surface area contributed by atoms with E-state index in [2.05, 4.69) is 15.1 Å². The Kier molecular flexibility index (Phi) is 6.23. The molecule has 3 rings (SSSR count). The third kappa shape index (κ3) is 5.05. The number of carbonyl (C=O) groups is 1. The second kappa shape index (κ2) is 8.68. The van der Waals surface area contributed by atoms with Gasteiger partial charge < -0.3 is 14.8 Å². The van der Waals surface area contributed by atoms with Crippen LogP contribution >= 0.6 is 0 Å². The van der Waals surface area contributed by atoms with Crippen LogP contribution in [0.1, 0.15) is 47.1 Å². The number of halogens is 3. The molecule has 160 valence electrons. The maximum atomic E-state index is 12.8. The molecule has 1 saturated heterocycles. The SMILES string of the molecule is Cc1nc(C)c(/C=N/Oc2cccc(C(F)(F)F)c2)c(C2CCN(C(=O)O)CC2)n1. The minimum absolute atomic E-state index is 0.0241. The zero-order valence-corrected chi connectivity index (χ0v) is 16.5. The molecule has 0 saturated carbocycles. The van der Waals surface area contributed by atoms with Crippen molar-refractivity contribution >= 4 is 12.3 Å². The molecule has 1 aliphatic rings. The van der Waals surface area contributed by atoms with Crippen LogP contribution in [0.4, 0.5) is 18.0 Å². The van der Waals surface area contributed by atoms with Crippen molar-refractivity contribution in [2.45, 2.75) is 38.8 Å². The summed E-state index contributed by atoms with van der Waals surface area (Å²) >= 11 is 0. The fourth-order valence-electron chi connectivity index (χ4n) is 3.43. The first-order chi connectivity index (χ1) is 14.1. The van der Waals surface area contributed by atoms with Crippen LogP contribution in [0.15, 0.2) is 29.4 Å². The Labute approximate surface area is 171 Å². The van der Waals surface area contributed by atoms with E-state index in [0.29, 0.717) is 43.0 Å². The second-order valence-electron chi connectivity index (χ2n) is 7.05. The summed E-state index contributed by atoms with van der Waals surface area (Å²) in [7, 11) is 0.